The quantitative estimate of drug-likeness (QED) is 0.739. The second-order valence-electron chi connectivity index (χ2n) is 6.17. The highest BCUT2D eigenvalue weighted by molar-refractivity contribution is 6.05. The first kappa shape index (κ1) is 17.6. The SMILES string of the molecule is CCN(C(=O)c1cnc(Nc2ccc(C)cc2)nc1)c1cccc(C)c1. The van der Waals surface area contributed by atoms with Crippen LogP contribution in [0, 0.1) is 13.8 Å². The molecule has 0 fully saturated rings. The van der Waals surface area contributed by atoms with Crippen molar-refractivity contribution in [1.29, 1.82) is 0 Å². The van der Waals surface area contributed by atoms with Gasteiger partial charge in [-0.1, -0.05) is 29.8 Å². The Hall–Kier alpha value is -3.21. The summed E-state index contributed by atoms with van der Waals surface area (Å²) in [5.74, 6) is 0.351. The smallest absolute Gasteiger partial charge is 0.261 e. The number of anilines is 3. The lowest BCUT2D eigenvalue weighted by Crippen LogP contribution is -2.30. The maximum Gasteiger partial charge on any atom is 0.261 e. The number of amides is 1. The second-order valence-corrected chi connectivity index (χ2v) is 6.17. The van der Waals surface area contributed by atoms with Crippen LogP contribution in [0.25, 0.3) is 0 Å². The van der Waals surface area contributed by atoms with Gasteiger partial charge in [-0.3, -0.25) is 4.79 Å². The van der Waals surface area contributed by atoms with Crippen molar-refractivity contribution in [2.45, 2.75) is 20.8 Å². The molecule has 0 aliphatic carbocycles. The summed E-state index contributed by atoms with van der Waals surface area (Å²) in [7, 11) is 0. The van der Waals surface area contributed by atoms with Crippen molar-refractivity contribution >= 4 is 23.2 Å². The van der Waals surface area contributed by atoms with E-state index in [4.69, 9.17) is 0 Å². The van der Waals surface area contributed by atoms with Crippen molar-refractivity contribution in [2.24, 2.45) is 0 Å². The molecular weight excluding hydrogens is 324 g/mol. The van der Waals surface area contributed by atoms with Crippen LogP contribution < -0.4 is 10.2 Å². The van der Waals surface area contributed by atoms with E-state index in [1.165, 1.54) is 5.56 Å². The molecule has 1 N–H and O–H groups in total. The monoisotopic (exact) mass is 346 g/mol. The van der Waals surface area contributed by atoms with Crippen LogP contribution in [0.15, 0.2) is 60.9 Å². The lowest BCUT2D eigenvalue weighted by Gasteiger charge is -2.21. The fraction of sp³-hybridized carbons (Fsp3) is 0.190. The lowest BCUT2D eigenvalue weighted by molar-refractivity contribution is 0.0987. The molecule has 0 aliphatic heterocycles. The number of rotatable bonds is 5. The van der Waals surface area contributed by atoms with Crippen LogP contribution in [-0.2, 0) is 0 Å². The molecule has 1 heterocycles. The molecule has 1 amide bonds. The van der Waals surface area contributed by atoms with E-state index in [0.29, 0.717) is 18.1 Å². The van der Waals surface area contributed by atoms with E-state index in [2.05, 4.69) is 15.3 Å². The summed E-state index contributed by atoms with van der Waals surface area (Å²) < 4.78 is 0. The van der Waals surface area contributed by atoms with E-state index in [1.54, 1.807) is 17.3 Å². The van der Waals surface area contributed by atoms with E-state index in [-0.39, 0.29) is 5.91 Å². The van der Waals surface area contributed by atoms with Crippen LogP contribution in [-0.4, -0.2) is 22.4 Å². The maximum atomic E-state index is 12.8. The van der Waals surface area contributed by atoms with Crippen molar-refractivity contribution in [2.75, 3.05) is 16.8 Å². The molecule has 0 spiro atoms. The number of carbonyl (C=O) groups excluding carboxylic acids is 1. The first-order valence-corrected chi connectivity index (χ1v) is 8.61. The number of benzene rings is 2. The minimum Gasteiger partial charge on any atom is -0.324 e. The normalized spacial score (nSPS) is 10.4. The Balaban J connectivity index is 1.76. The number of carbonyl (C=O) groups is 1. The molecule has 0 atom stereocenters. The van der Waals surface area contributed by atoms with Gasteiger partial charge in [0.2, 0.25) is 5.95 Å². The molecule has 0 saturated heterocycles. The Morgan fingerprint density at radius 2 is 1.69 bits per heavy atom. The molecule has 3 aromatic rings. The van der Waals surface area contributed by atoms with E-state index in [1.807, 2.05) is 69.3 Å². The average Bonchev–Trinajstić information content (AvgIpc) is 2.65. The van der Waals surface area contributed by atoms with Gasteiger partial charge in [-0.05, 0) is 50.6 Å². The number of nitrogens with one attached hydrogen (secondary N) is 1. The van der Waals surface area contributed by atoms with Gasteiger partial charge in [0.25, 0.3) is 5.91 Å². The van der Waals surface area contributed by atoms with Gasteiger partial charge >= 0.3 is 0 Å². The third-order valence-electron chi connectivity index (χ3n) is 4.08. The molecule has 5 nitrogen and oxygen atoms in total. The van der Waals surface area contributed by atoms with E-state index in [0.717, 1.165) is 16.9 Å². The topological polar surface area (TPSA) is 58.1 Å². The highest BCUT2D eigenvalue weighted by Crippen LogP contribution is 2.19. The number of hydrogen-bond donors (Lipinski definition) is 1. The van der Waals surface area contributed by atoms with Crippen LogP contribution in [0.4, 0.5) is 17.3 Å². The summed E-state index contributed by atoms with van der Waals surface area (Å²) in [5, 5.41) is 3.13. The predicted molar refractivity (Wildman–Crippen MR) is 105 cm³/mol. The molecule has 26 heavy (non-hydrogen) atoms. The summed E-state index contributed by atoms with van der Waals surface area (Å²) in [5.41, 5.74) is 4.54. The standard InChI is InChI=1S/C21H22N4O/c1-4-25(19-7-5-6-16(3)12-19)20(26)17-13-22-21(23-14-17)24-18-10-8-15(2)9-11-18/h5-14H,4H2,1-3H3,(H,22,23,24). The molecule has 0 saturated carbocycles. The summed E-state index contributed by atoms with van der Waals surface area (Å²) >= 11 is 0. The lowest BCUT2D eigenvalue weighted by atomic mass is 10.2. The number of aromatic nitrogens is 2. The zero-order chi connectivity index (χ0) is 18.5. The van der Waals surface area contributed by atoms with Crippen LogP contribution in [0.2, 0.25) is 0 Å². The highest BCUT2D eigenvalue weighted by atomic mass is 16.2. The van der Waals surface area contributed by atoms with Crippen molar-refractivity contribution in [3.63, 3.8) is 0 Å². The summed E-state index contributed by atoms with van der Waals surface area (Å²) in [4.78, 5) is 23.1. The highest BCUT2D eigenvalue weighted by Gasteiger charge is 2.17. The van der Waals surface area contributed by atoms with Gasteiger partial charge in [-0.2, -0.15) is 0 Å². The van der Waals surface area contributed by atoms with Gasteiger partial charge in [-0.15, -0.1) is 0 Å². The van der Waals surface area contributed by atoms with Crippen LogP contribution in [0.1, 0.15) is 28.4 Å². The van der Waals surface area contributed by atoms with Gasteiger partial charge in [0.1, 0.15) is 0 Å². The molecule has 132 valence electrons. The van der Waals surface area contributed by atoms with Gasteiger partial charge < -0.3 is 10.2 Å². The Labute approximate surface area is 153 Å². The summed E-state index contributed by atoms with van der Waals surface area (Å²) in [6, 6.07) is 15.9. The Kier molecular flexibility index (Phi) is 5.27. The molecule has 0 radical (unpaired) electrons. The first-order valence-electron chi connectivity index (χ1n) is 8.61. The van der Waals surface area contributed by atoms with Gasteiger partial charge in [0.05, 0.1) is 5.56 Å². The van der Waals surface area contributed by atoms with Crippen LogP contribution in [0.5, 0.6) is 0 Å². The summed E-state index contributed by atoms with van der Waals surface area (Å²) in [6.07, 6.45) is 3.12. The Bertz CT molecular complexity index is 889. The average molecular weight is 346 g/mol. The van der Waals surface area contributed by atoms with E-state index in [9.17, 15) is 4.79 Å². The van der Waals surface area contributed by atoms with Crippen molar-refractivity contribution in [3.05, 3.63) is 77.6 Å². The number of hydrogen-bond acceptors (Lipinski definition) is 4. The molecule has 1 aromatic heterocycles. The molecule has 0 aliphatic rings. The largest absolute Gasteiger partial charge is 0.324 e. The molecule has 0 bridgehead atoms. The Morgan fingerprint density at radius 3 is 2.31 bits per heavy atom. The molecule has 3 rings (SSSR count). The van der Waals surface area contributed by atoms with E-state index < -0.39 is 0 Å². The molecule has 0 unspecified atom stereocenters. The third kappa shape index (κ3) is 4.06. The fourth-order valence-electron chi connectivity index (χ4n) is 2.66. The maximum absolute atomic E-state index is 12.8. The minimum absolute atomic E-state index is 0.111. The van der Waals surface area contributed by atoms with E-state index >= 15 is 0 Å². The zero-order valence-electron chi connectivity index (χ0n) is 15.2. The first-order chi connectivity index (χ1) is 12.6. The van der Waals surface area contributed by atoms with Crippen molar-refractivity contribution in [1.82, 2.24) is 9.97 Å². The van der Waals surface area contributed by atoms with Crippen molar-refractivity contribution < 1.29 is 4.79 Å². The predicted octanol–water partition coefficient (Wildman–Crippen LogP) is 4.50. The molecule has 5 heteroatoms. The zero-order valence-corrected chi connectivity index (χ0v) is 15.2. The van der Waals surface area contributed by atoms with Crippen molar-refractivity contribution in [3.8, 4) is 0 Å². The van der Waals surface area contributed by atoms with Gasteiger partial charge in [0.15, 0.2) is 0 Å². The number of nitrogens with zero attached hydrogens (tertiary/aromatic N) is 3. The van der Waals surface area contributed by atoms with Gasteiger partial charge in [-0.25, -0.2) is 9.97 Å². The third-order valence-corrected chi connectivity index (χ3v) is 4.08. The minimum atomic E-state index is -0.111. The fourth-order valence-corrected chi connectivity index (χ4v) is 2.66. The molecular formula is C21H22N4O. The van der Waals surface area contributed by atoms with Crippen LogP contribution >= 0.6 is 0 Å². The van der Waals surface area contributed by atoms with Crippen LogP contribution in [0.3, 0.4) is 0 Å². The number of aryl methyl sites for hydroxylation is 2. The van der Waals surface area contributed by atoms with Gasteiger partial charge in [0, 0.05) is 30.3 Å². The Morgan fingerprint density at radius 1 is 1.00 bits per heavy atom. The second kappa shape index (κ2) is 7.78. The molecule has 2 aromatic carbocycles. The summed E-state index contributed by atoms with van der Waals surface area (Å²) in [6.45, 7) is 6.57.